The number of sulfone groups is 1. The molecular weight excluding hydrogens is 622 g/mol. The second-order valence-corrected chi connectivity index (χ2v) is 18.8. The Hall–Kier alpha value is -0.930. The second-order valence-electron chi connectivity index (χ2n) is 16.3. The van der Waals surface area contributed by atoms with Gasteiger partial charge in [0.1, 0.15) is 23.9 Å². The van der Waals surface area contributed by atoms with Gasteiger partial charge in [0.2, 0.25) is 0 Å². The lowest BCUT2D eigenvalue weighted by molar-refractivity contribution is -0.131. The molecular formula is C38H60F2O6S. The lowest BCUT2D eigenvalue weighted by Gasteiger charge is -2.37. The SMILES string of the molecule is O=C(C1CCC(F)CC1)C1CCC(OC2CCC(S(=O)(=O)C3CCC(OC4CCC(C(=O)C5CCC(F)CC5)CC4)CC3)CC2)CC1. The Bertz CT molecular complexity index is 1030. The summed E-state index contributed by atoms with van der Waals surface area (Å²) in [6, 6.07) is 0. The van der Waals surface area contributed by atoms with Crippen molar-refractivity contribution in [3.05, 3.63) is 0 Å². The van der Waals surface area contributed by atoms with E-state index in [-0.39, 0.29) is 58.6 Å². The summed E-state index contributed by atoms with van der Waals surface area (Å²) in [6.07, 6.45) is 16.8. The number of ketones is 2. The normalized spacial score (nSPS) is 42.4. The number of alkyl halides is 2. The maximum atomic E-state index is 13.6. The molecule has 0 aliphatic heterocycles. The lowest BCUT2D eigenvalue weighted by atomic mass is 9.75. The molecule has 6 rings (SSSR count). The predicted molar refractivity (Wildman–Crippen MR) is 178 cm³/mol. The highest BCUT2D eigenvalue weighted by Gasteiger charge is 2.41. The van der Waals surface area contributed by atoms with Crippen LogP contribution in [0.1, 0.15) is 154 Å². The Morgan fingerprint density at radius 2 is 0.617 bits per heavy atom. The van der Waals surface area contributed by atoms with Gasteiger partial charge in [-0.25, -0.2) is 17.2 Å². The average molecular weight is 683 g/mol. The zero-order valence-corrected chi connectivity index (χ0v) is 29.3. The highest BCUT2D eigenvalue weighted by molar-refractivity contribution is 7.92. The van der Waals surface area contributed by atoms with E-state index >= 15 is 0 Å². The first-order chi connectivity index (χ1) is 22.7. The summed E-state index contributed by atoms with van der Waals surface area (Å²) in [4.78, 5) is 25.9. The Balaban J connectivity index is 0.855. The van der Waals surface area contributed by atoms with E-state index in [1.54, 1.807) is 0 Å². The third-order valence-corrected chi connectivity index (χ3v) is 16.0. The van der Waals surface area contributed by atoms with Crippen LogP contribution in [0.4, 0.5) is 8.78 Å². The van der Waals surface area contributed by atoms with Crippen molar-refractivity contribution >= 4 is 21.4 Å². The number of ether oxygens (including phenoxy) is 2. The first kappa shape index (κ1) is 35.9. The molecule has 0 aromatic rings. The van der Waals surface area contributed by atoms with Crippen LogP contribution in [0.15, 0.2) is 0 Å². The van der Waals surface area contributed by atoms with Crippen LogP contribution in [0.3, 0.4) is 0 Å². The molecule has 268 valence electrons. The van der Waals surface area contributed by atoms with Crippen LogP contribution in [-0.2, 0) is 28.9 Å². The average Bonchev–Trinajstić information content (AvgIpc) is 3.09. The minimum absolute atomic E-state index is 0.0492. The molecule has 0 heterocycles. The van der Waals surface area contributed by atoms with Crippen LogP contribution in [-0.4, -0.2) is 67.2 Å². The van der Waals surface area contributed by atoms with Crippen LogP contribution in [0, 0.1) is 23.7 Å². The smallest absolute Gasteiger partial charge is 0.156 e. The van der Waals surface area contributed by atoms with E-state index in [9.17, 15) is 26.8 Å². The molecule has 0 spiro atoms. The maximum Gasteiger partial charge on any atom is 0.156 e. The van der Waals surface area contributed by atoms with Gasteiger partial charge in [-0.3, -0.25) is 9.59 Å². The summed E-state index contributed by atoms with van der Waals surface area (Å²) in [6.45, 7) is 0. The van der Waals surface area contributed by atoms with Crippen LogP contribution in [0.2, 0.25) is 0 Å². The lowest BCUT2D eigenvalue weighted by Crippen LogP contribution is -2.41. The van der Waals surface area contributed by atoms with Gasteiger partial charge in [-0.1, -0.05) is 0 Å². The van der Waals surface area contributed by atoms with Gasteiger partial charge in [0.05, 0.1) is 34.9 Å². The quantitative estimate of drug-likeness (QED) is 0.230. The minimum atomic E-state index is -3.19. The number of hydrogen-bond donors (Lipinski definition) is 0. The van der Waals surface area contributed by atoms with E-state index in [2.05, 4.69) is 0 Å². The van der Waals surface area contributed by atoms with Crippen LogP contribution in [0.5, 0.6) is 0 Å². The number of carbonyl (C=O) groups excluding carboxylic acids is 2. The Morgan fingerprint density at radius 3 is 0.894 bits per heavy atom. The van der Waals surface area contributed by atoms with Crippen molar-refractivity contribution in [1.82, 2.24) is 0 Å². The highest BCUT2D eigenvalue weighted by atomic mass is 32.2. The summed E-state index contributed by atoms with van der Waals surface area (Å²) < 4.78 is 67.2. The number of hydrogen-bond acceptors (Lipinski definition) is 6. The van der Waals surface area contributed by atoms with Crippen molar-refractivity contribution in [2.45, 2.75) is 201 Å². The molecule has 6 aliphatic carbocycles. The minimum Gasteiger partial charge on any atom is -0.375 e. The molecule has 6 nitrogen and oxygen atoms in total. The van der Waals surface area contributed by atoms with Gasteiger partial charge >= 0.3 is 0 Å². The van der Waals surface area contributed by atoms with E-state index in [1.807, 2.05) is 0 Å². The molecule has 6 fully saturated rings. The summed E-state index contributed by atoms with van der Waals surface area (Å²) in [5.41, 5.74) is 0. The molecule has 0 saturated heterocycles. The highest BCUT2D eigenvalue weighted by Crippen LogP contribution is 2.39. The maximum absolute atomic E-state index is 13.6. The molecule has 0 aromatic heterocycles. The molecule has 9 heteroatoms. The van der Waals surface area contributed by atoms with Gasteiger partial charge in [-0.05, 0) is 154 Å². The van der Waals surface area contributed by atoms with Crippen molar-refractivity contribution in [3.63, 3.8) is 0 Å². The Kier molecular flexibility index (Phi) is 12.5. The van der Waals surface area contributed by atoms with Gasteiger partial charge in [0, 0.05) is 23.7 Å². The van der Waals surface area contributed by atoms with Crippen LogP contribution in [0.25, 0.3) is 0 Å². The van der Waals surface area contributed by atoms with Gasteiger partial charge < -0.3 is 9.47 Å². The van der Waals surface area contributed by atoms with E-state index in [4.69, 9.17) is 9.47 Å². The third-order valence-electron chi connectivity index (χ3n) is 13.2. The molecule has 0 radical (unpaired) electrons. The van der Waals surface area contributed by atoms with Crippen molar-refractivity contribution in [1.29, 1.82) is 0 Å². The van der Waals surface area contributed by atoms with Gasteiger partial charge in [-0.15, -0.1) is 0 Å². The monoisotopic (exact) mass is 682 g/mol. The number of rotatable bonds is 10. The fraction of sp³-hybridized carbons (Fsp3) is 0.947. The first-order valence-electron chi connectivity index (χ1n) is 19.5. The standard InChI is InChI=1S/C38H60F2O6S/c39-29-9-1-25(2-10-29)37(41)27-5-13-31(14-6-27)45-33-17-21-35(22-18-33)47(43,44)36-23-19-34(20-24-36)46-32-15-7-28(8-16-32)38(42)26-3-11-30(40)12-4-26/h25-36H,1-24H2. The van der Waals surface area contributed by atoms with Gasteiger partial charge in [-0.2, -0.15) is 0 Å². The van der Waals surface area contributed by atoms with E-state index in [0.29, 0.717) is 88.6 Å². The number of halogens is 2. The fourth-order valence-corrected chi connectivity index (χ4v) is 12.5. The summed E-state index contributed by atoms with van der Waals surface area (Å²) in [5.74, 6) is 1.01. The van der Waals surface area contributed by atoms with E-state index in [0.717, 1.165) is 77.0 Å². The molecule has 0 unspecified atom stereocenters. The Labute approximate surface area is 282 Å². The first-order valence-corrected chi connectivity index (χ1v) is 21.2. The fourth-order valence-electron chi connectivity index (χ4n) is 10.1. The summed E-state index contributed by atoms with van der Waals surface area (Å²) >= 11 is 0. The molecule has 0 bridgehead atoms. The molecule has 0 atom stereocenters. The van der Waals surface area contributed by atoms with E-state index < -0.39 is 22.2 Å². The number of Topliss-reactive ketones (excluding diaryl/α,β-unsaturated/α-hetero) is 2. The molecule has 6 aliphatic rings. The Morgan fingerprint density at radius 1 is 0.383 bits per heavy atom. The summed E-state index contributed by atoms with van der Waals surface area (Å²) in [5, 5.41) is -0.546. The zero-order chi connectivity index (χ0) is 33.0. The third kappa shape index (κ3) is 9.25. The molecule has 0 N–H and O–H groups in total. The van der Waals surface area contributed by atoms with Crippen LogP contribution >= 0.6 is 0 Å². The molecule has 6 saturated carbocycles. The van der Waals surface area contributed by atoms with Crippen molar-refractivity contribution in [2.24, 2.45) is 23.7 Å². The molecule has 47 heavy (non-hydrogen) atoms. The summed E-state index contributed by atoms with van der Waals surface area (Å²) in [7, 11) is -3.19. The molecule has 0 aromatic carbocycles. The van der Waals surface area contributed by atoms with Gasteiger partial charge in [0.15, 0.2) is 9.84 Å². The largest absolute Gasteiger partial charge is 0.375 e. The van der Waals surface area contributed by atoms with Crippen molar-refractivity contribution in [3.8, 4) is 0 Å². The predicted octanol–water partition coefficient (Wildman–Crippen LogP) is 8.37. The van der Waals surface area contributed by atoms with Crippen LogP contribution < -0.4 is 0 Å². The zero-order valence-electron chi connectivity index (χ0n) is 28.5. The van der Waals surface area contributed by atoms with E-state index in [1.165, 1.54) is 0 Å². The number of carbonyl (C=O) groups is 2. The second kappa shape index (κ2) is 16.4. The van der Waals surface area contributed by atoms with Crippen molar-refractivity contribution in [2.75, 3.05) is 0 Å². The van der Waals surface area contributed by atoms with Crippen molar-refractivity contribution < 1.29 is 36.3 Å². The topological polar surface area (TPSA) is 86.7 Å². The molecule has 0 amide bonds. The van der Waals surface area contributed by atoms with Gasteiger partial charge in [0.25, 0.3) is 0 Å².